The van der Waals surface area contributed by atoms with Gasteiger partial charge in [-0.15, -0.1) is 0 Å². The molecule has 10 nitrogen and oxygen atoms in total. The van der Waals surface area contributed by atoms with Crippen molar-refractivity contribution < 1.29 is 22.8 Å². The van der Waals surface area contributed by atoms with Crippen molar-refractivity contribution in [3.8, 4) is 28.7 Å². The minimum Gasteiger partial charge on any atom is -0.433 e. The molecule has 12 heteroatoms. The van der Waals surface area contributed by atoms with Gasteiger partial charge in [-0.05, 0) is 67.8 Å². The van der Waals surface area contributed by atoms with Crippen molar-refractivity contribution in [2.45, 2.75) is 45.4 Å². The lowest BCUT2D eigenvalue weighted by atomic mass is 10.2. The molecule has 1 unspecified atom stereocenters. The molecular weight excluding hydrogens is 532 g/mol. The molecular formula is C29H33F2N7O3. The van der Waals surface area contributed by atoms with E-state index < -0.39 is 6.11 Å². The van der Waals surface area contributed by atoms with Crippen LogP contribution >= 0.6 is 0 Å². The van der Waals surface area contributed by atoms with Gasteiger partial charge in [0.15, 0.2) is 5.69 Å². The molecule has 1 atom stereocenters. The predicted octanol–water partition coefficient (Wildman–Crippen LogP) is 4.64. The molecule has 4 aromatic rings. The number of rotatable bonds is 9. The Kier molecular flexibility index (Phi) is 7.67. The first kappa shape index (κ1) is 27.3. The quantitative estimate of drug-likeness (QED) is 0.288. The van der Waals surface area contributed by atoms with Crippen LogP contribution in [0.5, 0.6) is 5.75 Å². The van der Waals surface area contributed by atoms with Crippen molar-refractivity contribution >= 4 is 5.82 Å². The Balaban J connectivity index is 1.09. The molecule has 2 aliphatic heterocycles. The molecule has 2 aliphatic rings. The van der Waals surface area contributed by atoms with E-state index in [-0.39, 0.29) is 11.6 Å². The summed E-state index contributed by atoms with van der Waals surface area (Å²) in [6.45, 7) is 9.05. The van der Waals surface area contributed by atoms with Gasteiger partial charge in [-0.3, -0.25) is 9.58 Å². The highest BCUT2D eigenvalue weighted by Crippen LogP contribution is 2.27. The summed E-state index contributed by atoms with van der Waals surface area (Å²) < 4.78 is 43.9. The number of alkyl halides is 2. The monoisotopic (exact) mass is 565 g/mol. The number of anilines is 1. The summed E-state index contributed by atoms with van der Waals surface area (Å²) in [5.74, 6) is 1.63. The average molecular weight is 566 g/mol. The van der Waals surface area contributed by atoms with Gasteiger partial charge in [0.1, 0.15) is 11.6 Å². The Morgan fingerprint density at radius 1 is 1.07 bits per heavy atom. The van der Waals surface area contributed by atoms with Gasteiger partial charge in [0.2, 0.25) is 5.82 Å². The third kappa shape index (κ3) is 6.71. The van der Waals surface area contributed by atoms with Crippen LogP contribution in [0.15, 0.2) is 53.2 Å². The number of nitrogens with zero attached hydrogens (tertiary/aromatic N) is 7. The third-order valence-electron chi connectivity index (χ3n) is 7.36. The predicted molar refractivity (Wildman–Crippen MR) is 148 cm³/mol. The van der Waals surface area contributed by atoms with E-state index in [9.17, 15) is 8.78 Å². The van der Waals surface area contributed by atoms with E-state index >= 15 is 0 Å². The second kappa shape index (κ2) is 11.5. The van der Waals surface area contributed by atoms with Crippen molar-refractivity contribution in [2.24, 2.45) is 0 Å². The number of halogens is 2. The van der Waals surface area contributed by atoms with Crippen LogP contribution in [0, 0.1) is 6.92 Å². The topological polar surface area (TPSA) is 94.6 Å². The van der Waals surface area contributed by atoms with Crippen LogP contribution in [0.2, 0.25) is 0 Å². The Labute approximate surface area is 236 Å². The summed E-state index contributed by atoms with van der Waals surface area (Å²) >= 11 is 0. The smallest absolute Gasteiger partial charge is 0.394 e. The molecule has 0 radical (unpaired) electrons. The Hall–Kier alpha value is -3.90. The Morgan fingerprint density at radius 3 is 2.61 bits per heavy atom. The molecule has 0 aliphatic carbocycles. The summed E-state index contributed by atoms with van der Waals surface area (Å²) in [5.41, 5.74) is 3.21. The molecule has 0 saturated carbocycles. The zero-order valence-corrected chi connectivity index (χ0v) is 23.2. The van der Waals surface area contributed by atoms with Crippen LogP contribution in [0.25, 0.3) is 23.0 Å². The molecule has 2 saturated heterocycles. The van der Waals surface area contributed by atoms with Gasteiger partial charge >= 0.3 is 6.11 Å². The number of benzene rings is 1. The van der Waals surface area contributed by atoms with E-state index in [2.05, 4.69) is 35.7 Å². The van der Waals surface area contributed by atoms with Crippen molar-refractivity contribution in [1.29, 1.82) is 0 Å². The maximum Gasteiger partial charge on any atom is 0.394 e. The molecule has 41 heavy (non-hydrogen) atoms. The van der Waals surface area contributed by atoms with E-state index in [4.69, 9.17) is 14.4 Å². The van der Waals surface area contributed by atoms with Crippen LogP contribution < -0.4 is 9.64 Å². The molecule has 0 N–H and O–H groups in total. The van der Waals surface area contributed by atoms with E-state index in [1.165, 1.54) is 25.0 Å². The highest BCUT2D eigenvalue weighted by molar-refractivity contribution is 5.59. The van der Waals surface area contributed by atoms with Gasteiger partial charge in [0, 0.05) is 63.7 Å². The molecule has 2 fully saturated rings. The number of hydrogen-bond donors (Lipinski definition) is 0. The van der Waals surface area contributed by atoms with Gasteiger partial charge in [-0.25, -0.2) is 4.98 Å². The lowest BCUT2D eigenvalue weighted by molar-refractivity contribution is -0.158. The van der Waals surface area contributed by atoms with Gasteiger partial charge in [0.05, 0.1) is 12.6 Å². The lowest BCUT2D eigenvalue weighted by Crippen LogP contribution is -2.48. The maximum absolute atomic E-state index is 13.1. The van der Waals surface area contributed by atoms with Crippen LogP contribution in [-0.2, 0) is 11.3 Å². The lowest BCUT2D eigenvalue weighted by Gasteiger charge is -2.36. The zero-order valence-electron chi connectivity index (χ0n) is 23.2. The zero-order chi connectivity index (χ0) is 28.4. The maximum atomic E-state index is 13.1. The second-order valence-corrected chi connectivity index (χ2v) is 10.6. The van der Waals surface area contributed by atoms with Gasteiger partial charge in [-0.2, -0.15) is 18.9 Å². The van der Waals surface area contributed by atoms with Crippen LogP contribution in [0.3, 0.4) is 0 Å². The van der Waals surface area contributed by atoms with Crippen molar-refractivity contribution in [3.05, 3.63) is 59.9 Å². The van der Waals surface area contributed by atoms with E-state index in [0.29, 0.717) is 36.7 Å². The highest BCUT2D eigenvalue weighted by Gasteiger charge is 2.24. The fourth-order valence-electron chi connectivity index (χ4n) is 5.24. The number of aromatic nitrogens is 5. The van der Waals surface area contributed by atoms with E-state index in [1.807, 2.05) is 29.9 Å². The number of aryl methyl sites for hydroxylation is 1. The van der Waals surface area contributed by atoms with Crippen molar-refractivity contribution in [2.75, 3.05) is 44.2 Å². The first-order valence-corrected chi connectivity index (χ1v) is 13.9. The SMILES string of the molecule is Cc1cc(-c2nc(-c3ccc(OC(C)(F)F)cc3)no2)nn1Cc1ccnc(N2CCN(CC3CCCO3)CC2)c1. The summed E-state index contributed by atoms with van der Waals surface area (Å²) in [6.07, 6.45) is 1.32. The minimum atomic E-state index is -3.25. The van der Waals surface area contributed by atoms with E-state index in [1.54, 1.807) is 12.1 Å². The van der Waals surface area contributed by atoms with Crippen LogP contribution in [-0.4, -0.2) is 81.3 Å². The van der Waals surface area contributed by atoms with Gasteiger partial charge in [0.25, 0.3) is 5.89 Å². The molecule has 0 spiro atoms. The Morgan fingerprint density at radius 2 is 1.88 bits per heavy atom. The van der Waals surface area contributed by atoms with Gasteiger partial charge < -0.3 is 18.9 Å². The van der Waals surface area contributed by atoms with E-state index in [0.717, 1.165) is 56.4 Å². The second-order valence-electron chi connectivity index (χ2n) is 10.6. The number of hydrogen-bond acceptors (Lipinski definition) is 9. The summed E-state index contributed by atoms with van der Waals surface area (Å²) in [6, 6.07) is 12.1. The first-order chi connectivity index (χ1) is 19.8. The minimum absolute atomic E-state index is 0.0512. The van der Waals surface area contributed by atoms with Crippen LogP contribution in [0.1, 0.15) is 31.0 Å². The summed E-state index contributed by atoms with van der Waals surface area (Å²) in [7, 11) is 0. The summed E-state index contributed by atoms with van der Waals surface area (Å²) in [5, 5.41) is 8.74. The number of piperazine rings is 1. The Bertz CT molecular complexity index is 1450. The number of ether oxygens (including phenoxy) is 2. The average Bonchev–Trinajstić information content (AvgIpc) is 3.71. The molecule has 3 aromatic heterocycles. The molecule has 6 rings (SSSR count). The van der Waals surface area contributed by atoms with Crippen molar-refractivity contribution in [3.63, 3.8) is 0 Å². The summed E-state index contributed by atoms with van der Waals surface area (Å²) in [4.78, 5) is 13.9. The number of pyridine rings is 1. The molecule has 216 valence electrons. The highest BCUT2D eigenvalue weighted by atomic mass is 19.3. The fraction of sp³-hybridized carbons (Fsp3) is 0.448. The normalized spacial score (nSPS) is 18.2. The standard InChI is InChI=1S/C29H33F2N7O3/c1-20-16-25(28-33-27(35-41-28)22-5-7-23(8-6-22)40-29(2,30)31)34-38(20)18-21-9-10-32-26(17-21)37-13-11-36(12-14-37)19-24-4-3-15-39-24/h5-10,16-17,24H,3-4,11-15,18-19H2,1-2H3. The third-order valence-corrected chi connectivity index (χ3v) is 7.36. The molecule has 0 amide bonds. The largest absolute Gasteiger partial charge is 0.433 e. The molecule has 5 heterocycles. The fourth-order valence-corrected chi connectivity index (χ4v) is 5.24. The van der Waals surface area contributed by atoms with Gasteiger partial charge in [-0.1, -0.05) is 5.16 Å². The van der Waals surface area contributed by atoms with Crippen LogP contribution in [0.4, 0.5) is 14.6 Å². The van der Waals surface area contributed by atoms with Crippen molar-refractivity contribution in [1.82, 2.24) is 29.8 Å². The molecule has 1 aromatic carbocycles. The first-order valence-electron chi connectivity index (χ1n) is 13.9. The molecule has 0 bridgehead atoms.